The number of aromatic nitrogens is 3. The van der Waals surface area contributed by atoms with Crippen LogP contribution in [0.3, 0.4) is 0 Å². The highest BCUT2D eigenvalue weighted by molar-refractivity contribution is 5.96. The lowest BCUT2D eigenvalue weighted by Crippen LogP contribution is -2.34. The Morgan fingerprint density at radius 2 is 2.07 bits per heavy atom. The Balaban J connectivity index is 1.89. The van der Waals surface area contributed by atoms with Gasteiger partial charge in [-0.25, -0.2) is 0 Å². The lowest BCUT2D eigenvalue weighted by atomic mass is 9.97. The molecule has 0 fully saturated rings. The van der Waals surface area contributed by atoms with Gasteiger partial charge in [-0.3, -0.25) is 14.5 Å². The van der Waals surface area contributed by atoms with Crippen LogP contribution in [0, 0.1) is 0 Å². The molecule has 3 aromatic rings. The number of hydrogen-bond acceptors (Lipinski definition) is 3. The zero-order chi connectivity index (χ0) is 20.1. The van der Waals surface area contributed by atoms with Gasteiger partial charge in [0.25, 0.3) is 0 Å². The number of rotatable bonds is 2. The van der Waals surface area contributed by atoms with Crippen molar-refractivity contribution in [2.24, 2.45) is 0 Å². The third-order valence-electron chi connectivity index (χ3n) is 5.19. The summed E-state index contributed by atoms with van der Waals surface area (Å²) < 4.78 is 41.0. The molecule has 146 valence electrons. The molecule has 3 heterocycles. The average molecular weight is 388 g/mol. The molecule has 0 spiro atoms. The quantitative estimate of drug-likeness (QED) is 0.666. The largest absolute Gasteiger partial charge is 0.433 e. The van der Waals surface area contributed by atoms with E-state index < -0.39 is 11.9 Å². The Kier molecular flexibility index (Phi) is 4.36. The van der Waals surface area contributed by atoms with Gasteiger partial charge in [0.05, 0.1) is 5.69 Å². The Morgan fingerprint density at radius 1 is 1.29 bits per heavy atom. The first-order valence-electron chi connectivity index (χ1n) is 9.10. The molecule has 1 aliphatic heterocycles. The number of pyridine rings is 1. The minimum absolute atomic E-state index is 0.00439. The molecule has 0 unspecified atom stereocenters. The Morgan fingerprint density at radius 3 is 2.75 bits per heavy atom. The second-order valence-electron chi connectivity index (χ2n) is 6.87. The molecule has 1 aliphatic rings. The third kappa shape index (κ3) is 3.02. The molecule has 8 heteroatoms. The van der Waals surface area contributed by atoms with E-state index in [9.17, 15) is 18.0 Å². The molecule has 0 saturated heterocycles. The van der Waals surface area contributed by atoms with Crippen molar-refractivity contribution in [3.8, 4) is 11.3 Å². The van der Waals surface area contributed by atoms with Crippen LogP contribution in [0.15, 0.2) is 30.5 Å². The molecule has 28 heavy (non-hydrogen) atoms. The smallest absolute Gasteiger partial charge is 0.338 e. The summed E-state index contributed by atoms with van der Waals surface area (Å²) in [6, 6.07) is 6.26. The Hall–Kier alpha value is -2.90. The topological polar surface area (TPSA) is 51.0 Å². The maximum Gasteiger partial charge on any atom is 0.433 e. The fourth-order valence-electron chi connectivity index (χ4n) is 3.77. The maximum atomic E-state index is 13.0. The molecule has 0 bridgehead atoms. The van der Waals surface area contributed by atoms with Crippen molar-refractivity contribution in [2.45, 2.75) is 39.5 Å². The first-order valence-corrected chi connectivity index (χ1v) is 9.10. The zero-order valence-electron chi connectivity index (χ0n) is 15.5. The van der Waals surface area contributed by atoms with Gasteiger partial charge in [0.15, 0.2) is 0 Å². The van der Waals surface area contributed by atoms with E-state index in [2.05, 4.69) is 4.98 Å². The van der Waals surface area contributed by atoms with Crippen molar-refractivity contribution >= 4 is 16.7 Å². The lowest BCUT2D eigenvalue weighted by Gasteiger charge is -2.26. The van der Waals surface area contributed by atoms with Gasteiger partial charge in [0.1, 0.15) is 5.69 Å². The van der Waals surface area contributed by atoms with E-state index >= 15 is 0 Å². The summed E-state index contributed by atoms with van der Waals surface area (Å²) in [5.41, 5.74) is 2.55. The van der Waals surface area contributed by atoms with Crippen LogP contribution in [0.1, 0.15) is 30.8 Å². The summed E-state index contributed by atoms with van der Waals surface area (Å²) in [5.74, 6) is -0.00439. The van der Waals surface area contributed by atoms with Crippen molar-refractivity contribution in [2.75, 3.05) is 6.54 Å². The number of nitrogens with zero attached hydrogens (tertiary/aromatic N) is 4. The summed E-state index contributed by atoms with van der Waals surface area (Å²) >= 11 is 0. The number of aryl methyl sites for hydroxylation is 1. The van der Waals surface area contributed by atoms with Gasteiger partial charge in [-0.1, -0.05) is 18.2 Å². The highest BCUT2D eigenvalue weighted by Gasteiger charge is 2.33. The number of benzene rings is 1. The van der Waals surface area contributed by atoms with Crippen LogP contribution in [0.2, 0.25) is 0 Å². The zero-order valence-corrected chi connectivity index (χ0v) is 15.5. The van der Waals surface area contributed by atoms with E-state index in [0.717, 1.165) is 22.9 Å². The van der Waals surface area contributed by atoms with Crippen LogP contribution in [0.4, 0.5) is 13.2 Å². The second kappa shape index (κ2) is 6.61. The predicted molar refractivity (Wildman–Crippen MR) is 98.4 cm³/mol. The van der Waals surface area contributed by atoms with Crippen molar-refractivity contribution in [1.82, 2.24) is 19.7 Å². The maximum absolute atomic E-state index is 13.0. The molecule has 2 aromatic heterocycles. The van der Waals surface area contributed by atoms with E-state index in [-0.39, 0.29) is 5.91 Å². The monoisotopic (exact) mass is 388 g/mol. The Labute approximate surface area is 159 Å². The molecule has 0 N–H and O–H groups in total. The third-order valence-corrected chi connectivity index (χ3v) is 5.19. The highest BCUT2D eigenvalue weighted by atomic mass is 19.4. The number of hydrogen-bond donors (Lipinski definition) is 0. The van der Waals surface area contributed by atoms with Gasteiger partial charge in [-0.05, 0) is 18.4 Å². The van der Waals surface area contributed by atoms with Gasteiger partial charge in [-0.15, -0.1) is 0 Å². The fourth-order valence-corrected chi connectivity index (χ4v) is 3.77. The van der Waals surface area contributed by atoms with Gasteiger partial charge < -0.3 is 4.90 Å². The predicted octanol–water partition coefficient (Wildman–Crippen LogP) is 4.04. The molecule has 1 amide bonds. The molecular formula is C20H19F3N4O. The van der Waals surface area contributed by atoms with Crippen molar-refractivity contribution in [3.63, 3.8) is 0 Å². The molecular weight excluding hydrogens is 369 g/mol. The van der Waals surface area contributed by atoms with E-state index in [4.69, 9.17) is 5.10 Å². The van der Waals surface area contributed by atoms with Crippen LogP contribution < -0.4 is 0 Å². The number of amides is 1. The van der Waals surface area contributed by atoms with Crippen LogP contribution >= 0.6 is 0 Å². The SMILES string of the molecule is CCn1nc(-c2cccc3cc(C(F)(F)F)ncc23)c2c1CCN(C(C)=O)C2. The van der Waals surface area contributed by atoms with Crippen LogP contribution in [-0.4, -0.2) is 32.1 Å². The minimum atomic E-state index is -4.49. The minimum Gasteiger partial charge on any atom is -0.338 e. The number of halogens is 3. The van der Waals surface area contributed by atoms with Crippen molar-refractivity contribution in [1.29, 1.82) is 0 Å². The standard InChI is InChI=1S/C20H19F3N4O/c1-3-27-17-7-8-26(12(2)28)11-16(17)19(25-27)14-6-4-5-13-9-18(20(21,22)23)24-10-15(13)14/h4-6,9-10H,3,7-8,11H2,1-2H3. The van der Waals surface area contributed by atoms with Gasteiger partial charge >= 0.3 is 6.18 Å². The summed E-state index contributed by atoms with van der Waals surface area (Å²) in [7, 11) is 0. The Bertz CT molecular complexity index is 1070. The van der Waals surface area contributed by atoms with Gasteiger partial charge in [-0.2, -0.15) is 18.3 Å². The van der Waals surface area contributed by atoms with Crippen molar-refractivity contribution in [3.05, 3.63) is 47.4 Å². The average Bonchev–Trinajstić information content (AvgIpc) is 3.04. The summed E-state index contributed by atoms with van der Waals surface area (Å²) in [5, 5.41) is 5.79. The highest BCUT2D eigenvalue weighted by Crippen LogP contribution is 2.36. The van der Waals surface area contributed by atoms with E-state index in [1.54, 1.807) is 17.0 Å². The van der Waals surface area contributed by atoms with Gasteiger partial charge in [0, 0.05) is 61.4 Å². The number of carbonyl (C=O) groups excluding carboxylic acids is 1. The second-order valence-corrected chi connectivity index (χ2v) is 6.87. The van der Waals surface area contributed by atoms with E-state index in [1.807, 2.05) is 17.7 Å². The lowest BCUT2D eigenvalue weighted by molar-refractivity contribution is -0.141. The summed E-state index contributed by atoms with van der Waals surface area (Å²) in [6.45, 7) is 5.30. The normalized spacial score (nSPS) is 14.4. The summed E-state index contributed by atoms with van der Waals surface area (Å²) in [6.07, 6.45) is -2.53. The first kappa shape index (κ1) is 18.5. The summed E-state index contributed by atoms with van der Waals surface area (Å²) in [4.78, 5) is 17.2. The van der Waals surface area contributed by atoms with Gasteiger partial charge in [0.2, 0.25) is 5.91 Å². The molecule has 0 radical (unpaired) electrons. The molecule has 0 atom stereocenters. The van der Waals surface area contributed by atoms with E-state index in [0.29, 0.717) is 42.5 Å². The van der Waals surface area contributed by atoms with Crippen LogP contribution in [0.25, 0.3) is 22.0 Å². The molecule has 0 saturated carbocycles. The van der Waals surface area contributed by atoms with Crippen LogP contribution in [-0.2, 0) is 30.5 Å². The molecule has 5 nitrogen and oxygen atoms in total. The number of fused-ring (bicyclic) bond motifs is 2. The molecule has 4 rings (SSSR count). The van der Waals surface area contributed by atoms with Crippen LogP contribution in [0.5, 0.6) is 0 Å². The molecule has 1 aromatic carbocycles. The number of carbonyl (C=O) groups is 1. The molecule has 0 aliphatic carbocycles. The van der Waals surface area contributed by atoms with Crippen molar-refractivity contribution < 1.29 is 18.0 Å². The van der Waals surface area contributed by atoms with E-state index in [1.165, 1.54) is 13.1 Å². The first-order chi connectivity index (χ1) is 13.3. The fraction of sp³-hybridized carbons (Fsp3) is 0.350. The number of alkyl halides is 3.